The van der Waals surface area contributed by atoms with E-state index in [1.54, 1.807) is 0 Å². The van der Waals surface area contributed by atoms with Gasteiger partial charge in [-0.25, -0.2) is 4.98 Å². The van der Waals surface area contributed by atoms with Crippen LogP contribution in [0.3, 0.4) is 0 Å². The number of fused-ring (bicyclic) bond motifs is 13. The van der Waals surface area contributed by atoms with Crippen LogP contribution in [-0.4, -0.2) is 4.98 Å². The van der Waals surface area contributed by atoms with Crippen LogP contribution >= 0.6 is 0 Å². The van der Waals surface area contributed by atoms with E-state index < -0.39 is 5.41 Å². The van der Waals surface area contributed by atoms with E-state index in [0.717, 1.165) is 50.5 Å². The summed E-state index contributed by atoms with van der Waals surface area (Å²) in [6.07, 6.45) is 0. The molecule has 0 saturated carbocycles. The second-order valence-electron chi connectivity index (χ2n) is 15.0. The summed E-state index contributed by atoms with van der Waals surface area (Å²) < 4.78 is 6.77. The van der Waals surface area contributed by atoms with Crippen LogP contribution in [0, 0.1) is 0 Å². The van der Waals surface area contributed by atoms with Crippen molar-refractivity contribution >= 4 is 21.7 Å². The number of pyridine rings is 1. The topological polar surface area (TPSA) is 26.0 Å². The minimum Gasteiger partial charge on any atom is -0.456 e. The molecule has 2 aliphatic carbocycles. The van der Waals surface area contributed by atoms with Crippen molar-refractivity contribution in [2.45, 2.75) is 5.41 Å². The number of para-hydroxylation sites is 1. The summed E-state index contributed by atoms with van der Waals surface area (Å²) in [5.74, 6) is 0.975. The van der Waals surface area contributed by atoms with E-state index in [4.69, 9.17) is 9.40 Å². The van der Waals surface area contributed by atoms with Gasteiger partial charge in [-0.2, -0.15) is 0 Å². The van der Waals surface area contributed by atoms with Crippen molar-refractivity contribution in [3.05, 3.63) is 222 Å². The molecular weight excluding hydrogens is 679 g/mol. The molecule has 0 unspecified atom stereocenters. The van der Waals surface area contributed by atoms with Crippen LogP contribution in [-0.2, 0) is 5.41 Å². The van der Waals surface area contributed by atoms with E-state index in [1.807, 2.05) is 0 Å². The van der Waals surface area contributed by atoms with Crippen molar-refractivity contribution in [3.63, 3.8) is 0 Å². The third kappa shape index (κ3) is 4.35. The lowest BCUT2D eigenvalue weighted by Gasteiger charge is -2.30. The van der Waals surface area contributed by atoms with Gasteiger partial charge in [0.25, 0.3) is 0 Å². The molecule has 2 aliphatic rings. The first-order valence-corrected chi connectivity index (χ1v) is 19.3. The minimum absolute atomic E-state index is 0.483. The minimum atomic E-state index is -0.483. The van der Waals surface area contributed by atoms with Gasteiger partial charge in [0, 0.05) is 27.6 Å². The van der Waals surface area contributed by atoms with E-state index >= 15 is 0 Å². The number of furan rings is 1. The fourth-order valence-corrected chi connectivity index (χ4v) is 9.66. The van der Waals surface area contributed by atoms with E-state index in [2.05, 4.69) is 200 Å². The van der Waals surface area contributed by atoms with Gasteiger partial charge >= 0.3 is 0 Å². The first-order valence-electron chi connectivity index (χ1n) is 19.3. The molecule has 0 atom stereocenters. The van der Waals surface area contributed by atoms with Crippen molar-refractivity contribution < 1.29 is 4.42 Å². The lowest BCUT2D eigenvalue weighted by atomic mass is 9.70. The highest BCUT2D eigenvalue weighted by Crippen LogP contribution is 2.65. The van der Waals surface area contributed by atoms with Crippen LogP contribution in [0.25, 0.3) is 89.0 Å². The van der Waals surface area contributed by atoms with Gasteiger partial charge in [0.15, 0.2) is 0 Å². The number of hydrogen-bond acceptors (Lipinski definition) is 2. The van der Waals surface area contributed by atoms with Crippen LogP contribution in [0.2, 0.25) is 0 Å². The molecule has 0 N–H and O–H groups in total. The molecule has 0 amide bonds. The summed E-state index contributed by atoms with van der Waals surface area (Å²) in [4.78, 5) is 5.24. The Morgan fingerprint density at radius 1 is 0.357 bits per heavy atom. The molecule has 0 bridgehead atoms. The summed E-state index contributed by atoms with van der Waals surface area (Å²) in [6, 6.07) is 72.4. The molecular formula is C54H33NO. The number of nitrogens with zero attached hydrogens (tertiary/aromatic N) is 1. The Morgan fingerprint density at radius 3 is 1.73 bits per heavy atom. The highest BCUT2D eigenvalue weighted by molar-refractivity contribution is 6.02. The van der Waals surface area contributed by atoms with Crippen molar-refractivity contribution in [3.8, 4) is 67.2 Å². The normalized spacial score (nSPS) is 13.1. The van der Waals surface area contributed by atoms with Crippen LogP contribution < -0.4 is 0 Å². The zero-order valence-corrected chi connectivity index (χ0v) is 30.4. The van der Waals surface area contributed by atoms with Gasteiger partial charge < -0.3 is 4.42 Å². The van der Waals surface area contributed by atoms with E-state index in [1.165, 1.54) is 60.7 Å². The standard InChI is InChI=1S/C54H33NO/c1-2-14-37(15-3-1)49-32-39(33-50(55-49)43-21-12-16-36-13-4-5-17-40(36)43)35-27-25-34(26-28-35)38-29-30-44-48(31-38)54(52-45-20-8-11-24-51(45)56-53(44)52)46-22-9-6-18-41(46)42-19-7-10-23-47(42)54/h1-33H. The zero-order valence-electron chi connectivity index (χ0n) is 30.4. The van der Waals surface area contributed by atoms with Crippen molar-refractivity contribution in [1.82, 2.24) is 4.98 Å². The Morgan fingerprint density at radius 2 is 0.946 bits per heavy atom. The highest BCUT2D eigenvalue weighted by Gasteiger charge is 2.54. The Labute approximate surface area is 325 Å². The molecule has 0 saturated heterocycles. The Kier molecular flexibility index (Phi) is 6.58. The lowest BCUT2D eigenvalue weighted by molar-refractivity contribution is 0.628. The van der Waals surface area contributed by atoms with E-state index in [-0.39, 0.29) is 0 Å². The fourth-order valence-electron chi connectivity index (χ4n) is 9.66. The molecule has 2 nitrogen and oxygen atoms in total. The summed E-state index contributed by atoms with van der Waals surface area (Å²) in [7, 11) is 0. The van der Waals surface area contributed by atoms with Gasteiger partial charge in [0.1, 0.15) is 11.3 Å². The van der Waals surface area contributed by atoms with Gasteiger partial charge in [-0.3, -0.25) is 0 Å². The first-order chi connectivity index (χ1) is 27.8. The molecule has 0 fully saturated rings. The quantitative estimate of drug-likeness (QED) is 0.182. The van der Waals surface area contributed by atoms with Gasteiger partial charge in [-0.05, 0) is 85.1 Å². The largest absolute Gasteiger partial charge is 0.456 e. The average Bonchev–Trinajstić information content (AvgIpc) is 3.90. The summed E-state index contributed by atoms with van der Waals surface area (Å²) in [6.45, 7) is 0. The maximum absolute atomic E-state index is 6.77. The van der Waals surface area contributed by atoms with Crippen molar-refractivity contribution in [1.29, 1.82) is 0 Å². The smallest absolute Gasteiger partial charge is 0.140 e. The summed E-state index contributed by atoms with van der Waals surface area (Å²) in [5.41, 5.74) is 18.1. The summed E-state index contributed by atoms with van der Waals surface area (Å²) >= 11 is 0. The predicted molar refractivity (Wildman–Crippen MR) is 230 cm³/mol. The highest BCUT2D eigenvalue weighted by atomic mass is 16.3. The predicted octanol–water partition coefficient (Wildman–Crippen LogP) is 14.0. The van der Waals surface area contributed by atoms with Crippen LogP contribution in [0.4, 0.5) is 0 Å². The van der Waals surface area contributed by atoms with E-state index in [0.29, 0.717) is 0 Å². The number of benzene rings is 8. The van der Waals surface area contributed by atoms with Crippen molar-refractivity contribution in [2.24, 2.45) is 0 Å². The number of rotatable bonds is 4. The molecule has 0 aliphatic heterocycles. The molecule has 2 aromatic heterocycles. The van der Waals surface area contributed by atoms with Gasteiger partial charge in [0.05, 0.1) is 16.8 Å². The number of aromatic nitrogens is 1. The monoisotopic (exact) mass is 711 g/mol. The maximum Gasteiger partial charge on any atom is 0.140 e. The second kappa shape index (κ2) is 11.9. The van der Waals surface area contributed by atoms with Gasteiger partial charge in [0.2, 0.25) is 0 Å². The maximum atomic E-state index is 6.77. The molecule has 12 rings (SSSR count). The van der Waals surface area contributed by atoms with Crippen LogP contribution in [0.5, 0.6) is 0 Å². The van der Waals surface area contributed by atoms with Crippen LogP contribution in [0.1, 0.15) is 22.3 Å². The second-order valence-corrected chi connectivity index (χ2v) is 15.0. The Bertz CT molecular complexity index is 3140. The Hall–Kier alpha value is -7.29. The summed E-state index contributed by atoms with van der Waals surface area (Å²) in [5, 5.41) is 3.58. The molecule has 260 valence electrons. The van der Waals surface area contributed by atoms with Gasteiger partial charge in [-0.1, -0.05) is 176 Å². The molecule has 10 aromatic rings. The van der Waals surface area contributed by atoms with Crippen LogP contribution in [0.15, 0.2) is 205 Å². The third-order valence-corrected chi connectivity index (χ3v) is 12.1. The molecule has 2 heteroatoms. The Balaban J connectivity index is 1.01. The van der Waals surface area contributed by atoms with Crippen molar-refractivity contribution in [2.75, 3.05) is 0 Å². The van der Waals surface area contributed by atoms with Gasteiger partial charge in [-0.15, -0.1) is 0 Å². The number of hydrogen-bond donors (Lipinski definition) is 0. The average molecular weight is 712 g/mol. The lowest BCUT2D eigenvalue weighted by Crippen LogP contribution is -2.25. The third-order valence-electron chi connectivity index (χ3n) is 12.1. The molecule has 8 aromatic carbocycles. The molecule has 2 heterocycles. The SMILES string of the molecule is c1ccc(-c2cc(-c3ccc(-c4ccc5c(c4)C4(c6ccccc6-c6ccccc64)c4c-5oc5ccccc45)cc3)cc(-c3cccc4ccccc34)n2)cc1. The van der Waals surface area contributed by atoms with E-state index in [9.17, 15) is 0 Å². The molecule has 0 radical (unpaired) electrons. The fraction of sp³-hybridized carbons (Fsp3) is 0.0185. The molecule has 1 spiro atoms. The first kappa shape index (κ1) is 31.1. The molecule has 56 heavy (non-hydrogen) atoms. The zero-order chi connectivity index (χ0) is 36.8.